The molecule has 0 aromatic heterocycles. The van der Waals surface area contributed by atoms with E-state index in [0.29, 0.717) is 11.3 Å². The number of benzene rings is 1. The Morgan fingerprint density at radius 3 is 2.37 bits per heavy atom. The van der Waals surface area contributed by atoms with Crippen molar-refractivity contribution in [1.29, 1.82) is 5.26 Å². The number of rotatable bonds is 3. The molecule has 0 fully saturated rings. The SMILES string of the molecule is CC(C)(C)OC(=O)N(CCO)c1ccc(C#N)cc1. The molecule has 1 aromatic rings. The van der Waals surface area contributed by atoms with Gasteiger partial charge in [0.15, 0.2) is 0 Å². The van der Waals surface area contributed by atoms with E-state index >= 15 is 0 Å². The first-order valence-electron chi connectivity index (χ1n) is 5.99. The fraction of sp³-hybridized carbons (Fsp3) is 0.429. The second kappa shape index (κ2) is 6.21. The van der Waals surface area contributed by atoms with Gasteiger partial charge >= 0.3 is 6.09 Å². The molecule has 0 spiro atoms. The highest BCUT2D eigenvalue weighted by atomic mass is 16.6. The molecule has 1 N–H and O–H groups in total. The molecule has 0 heterocycles. The molecule has 1 rings (SSSR count). The Kier molecular flexibility index (Phi) is 4.90. The minimum Gasteiger partial charge on any atom is -0.443 e. The van der Waals surface area contributed by atoms with E-state index in [1.54, 1.807) is 45.0 Å². The van der Waals surface area contributed by atoms with Gasteiger partial charge in [-0.05, 0) is 45.0 Å². The number of ether oxygens (including phenoxy) is 1. The van der Waals surface area contributed by atoms with Crippen LogP contribution in [0.15, 0.2) is 24.3 Å². The first-order valence-corrected chi connectivity index (χ1v) is 5.99. The Morgan fingerprint density at radius 2 is 1.95 bits per heavy atom. The largest absolute Gasteiger partial charge is 0.443 e. The highest BCUT2D eigenvalue weighted by Gasteiger charge is 2.22. The Hall–Kier alpha value is -2.06. The molecule has 5 heteroatoms. The Bertz CT molecular complexity index is 469. The molecule has 5 nitrogen and oxygen atoms in total. The number of carbonyl (C=O) groups excluding carboxylic acids is 1. The predicted octanol–water partition coefficient (Wildman–Crippen LogP) is 2.29. The molecule has 0 atom stereocenters. The lowest BCUT2D eigenvalue weighted by atomic mass is 10.2. The minimum absolute atomic E-state index is 0.140. The fourth-order valence-electron chi connectivity index (χ4n) is 1.46. The van der Waals surface area contributed by atoms with Crippen molar-refractivity contribution in [2.75, 3.05) is 18.1 Å². The molecular weight excluding hydrogens is 244 g/mol. The molecule has 0 saturated carbocycles. The van der Waals surface area contributed by atoms with Crippen LogP contribution >= 0.6 is 0 Å². The molecule has 19 heavy (non-hydrogen) atoms. The second-order valence-electron chi connectivity index (χ2n) is 5.01. The first kappa shape index (κ1) is 15.0. The minimum atomic E-state index is -0.600. The van der Waals surface area contributed by atoms with Gasteiger partial charge in [0.05, 0.1) is 24.8 Å². The van der Waals surface area contributed by atoms with Crippen LogP contribution < -0.4 is 4.90 Å². The normalized spacial score (nSPS) is 10.7. The van der Waals surface area contributed by atoms with Crippen LogP contribution in [0.3, 0.4) is 0 Å². The highest BCUT2D eigenvalue weighted by molar-refractivity contribution is 5.87. The number of carbonyl (C=O) groups is 1. The number of nitrogens with zero attached hydrogens (tertiary/aromatic N) is 2. The molecule has 0 aliphatic carbocycles. The third-order valence-electron chi connectivity index (χ3n) is 2.25. The predicted molar refractivity (Wildman–Crippen MR) is 71.8 cm³/mol. The van der Waals surface area contributed by atoms with E-state index in [0.717, 1.165) is 0 Å². The maximum atomic E-state index is 12.0. The summed E-state index contributed by atoms with van der Waals surface area (Å²) in [7, 11) is 0. The number of nitriles is 1. The van der Waals surface area contributed by atoms with Gasteiger partial charge in [0, 0.05) is 5.69 Å². The van der Waals surface area contributed by atoms with Crippen LogP contribution in [0.25, 0.3) is 0 Å². The Morgan fingerprint density at radius 1 is 1.37 bits per heavy atom. The van der Waals surface area contributed by atoms with Crippen molar-refractivity contribution < 1.29 is 14.6 Å². The van der Waals surface area contributed by atoms with E-state index in [-0.39, 0.29) is 13.2 Å². The molecule has 0 radical (unpaired) electrons. The summed E-state index contributed by atoms with van der Waals surface area (Å²) >= 11 is 0. The van der Waals surface area contributed by atoms with Crippen LogP contribution in [0.2, 0.25) is 0 Å². The Balaban J connectivity index is 2.93. The lowest BCUT2D eigenvalue weighted by Gasteiger charge is -2.27. The van der Waals surface area contributed by atoms with Gasteiger partial charge in [0.1, 0.15) is 5.60 Å². The number of hydrogen-bond donors (Lipinski definition) is 1. The Labute approximate surface area is 113 Å². The summed E-state index contributed by atoms with van der Waals surface area (Å²) in [5.74, 6) is 0. The summed E-state index contributed by atoms with van der Waals surface area (Å²) in [5, 5.41) is 17.8. The molecule has 0 aliphatic rings. The number of anilines is 1. The van der Waals surface area contributed by atoms with Crippen molar-refractivity contribution in [2.45, 2.75) is 26.4 Å². The van der Waals surface area contributed by atoms with Crippen LogP contribution in [-0.2, 0) is 4.74 Å². The van der Waals surface area contributed by atoms with E-state index in [1.807, 2.05) is 6.07 Å². The second-order valence-corrected chi connectivity index (χ2v) is 5.01. The van der Waals surface area contributed by atoms with Crippen molar-refractivity contribution in [1.82, 2.24) is 0 Å². The smallest absolute Gasteiger partial charge is 0.414 e. The summed E-state index contributed by atoms with van der Waals surface area (Å²) in [4.78, 5) is 13.4. The zero-order chi connectivity index (χ0) is 14.5. The average molecular weight is 262 g/mol. The van der Waals surface area contributed by atoms with Gasteiger partial charge in [0.2, 0.25) is 0 Å². The van der Waals surface area contributed by atoms with Gasteiger partial charge in [0.25, 0.3) is 0 Å². The zero-order valence-electron chi connectivity index (χ0n) is 11.4. The van der Waals surface area contributed by atoms with Crippen LogP contribution in [0.4, 0.5) is 10.5 Å². The maximum Gasteiger partial charge on any atom is 0.414 e. The van der Waals surface area contributed by atoms with Crippen molar-refractivity contribution >= 4 is 11.8 Å². The average Bonchev–Trinajstić information content (AvgIpc) is 2.34. The van der Waals surface area contributed by atoms with E-state index in [1.165, 1.54) is 4.90 Å². The number of amides is 1. The lowest BCUT2D eigenvalue weighted by Crippen LogP contribution is -2.38. The summed E-state index contributed by atoms with van der Waals surface area (Å²) in [5.41, 5.74) is 0.497. The van der Waals surface area contributed by atoms with Crippen molar-refractivity contribution in [3.8, 4) is 6.07 Å². The molecular formula is C14H18N2O3. The van der Waals surface area contributed by atoms with Crippen LogP contribution in [-0.4, -0.2) is 30.0 Å². The summed E-state index contributed by atoms with van der Waals surface area (Å²) in [6.45, 7) is 5.31. The van der Waals surface area contributed by atoms with Crippen LogP contribution in [0, 0.1) is 11.3 Å². The monoisotopic (exact) mass is 262 g/mol. The van der Waals surface area contributed by atoms with Gasteiger partial charge in [-0.25, -0.2) is 4.79 Å². The molecule has 1 aromatic carbocycles. The summed E-state index contributed by atoms with van der Waals surface area (Å²) < 4.78 is 5.27. The zero-order valence-corrected chi connectivity index (χ0v) is 11.4. The molecule has 0 aliphatic heterocycles. The topological polar surface area (TPSA) is 73.6 Å². The first-order chi connectivity index (χ1) is 8.87. The molecule has 0 bridgehead atoms. The molecule has 102 valence electrons. The molecule has 0 saturated heterocycles. The standard InChI is InChI=1S/C14H18N2O3/c1-14(2,3)19-13(18)16(8-9-17)12-6-4-11(10-15)5-7-12/h4-7,17H,8-9H2,1-3H3. The van der Waals surface area contributed by atoms with Crippen molar-refractivity contribution in [3.05, 3.63) is 29.8 Å². The van der Waals surface area contributed by atoms with E-state index in [2.05, 4.69) is 0 Å². The lowest BCUT2D eigenvalue weighted by molar-refractivity contribution is 0.0573. The van der Waals surface area contributed by atoms with E-state index in [9.17, 15) is 4.79 Å². The third-order valence-corrected chi connectivity index (χ3v) is 2.25. The van der Waals surface area contributed by atoms with Gasteiger partial charge in [-0.3, -0.25) is 4.90 Å². The van der Waals surface area contributed by atoms with Gasteiger partial charge in [-0.1, -0.05) is 0 Å². The van der Waals surface area contributed by atoms with Crippen LogP contribution in [0.1, 0.15) is 26.3 Å². The highest BCUT2D eigenvalue weighted by Crippen LogP contribution is 2.18. The van der Waals surface area contributed by atoms with Gasteiger partial charge in [-0.15, -0.1) is 0 Å². The number of aliphatic hydroxyl groups excluding tert-OH is 1. The molecule has 1 amide bonds. The van der Waals surface area contributed by atoms with Crippen molar-refractivity contribution in [3.63, 3.8) is 0 Å². The third kappa shape index (κ3) is 4.60. The molecule has 0 unspecified atom stereocenters. The van der Waals surface area contributed by atoms with Gasteiger partial charge in [-0.2, -0.15) is 5.26 Å². The van der Waals surface area contributed by atoms with Crippen LogP contribution in [0.5, 0.6) is 0 Å². The fourth-order valence-corrected chi connectivity index (χ4v) is 1.46. The van der Waals surface area contributed by atoms with E-state index < -0.39 is 11.7 Å². The summed E-state index contributed by atoms with van der Waals surface area (Å²) in [6, 6.07) is 8.54. The quantitative estimate of drug-likeness (QED) is 0.907. The van der Waals surface area contributed by atoms with Gasteiger partial charge < -0.3 is 9.84 Å². The van der Waals surface area contributed by atoms with Crippen molar-refractivity contribution in [2.24, 2.45) is 0 Å². The number of hydrogen-bond acceptors (Lipinski definition) is 4. The number of aliphatic hydroxyl groups is 1. The maximum absolute atomic E-state index is 12.0. The summed E-state index contributed by atoms with van der Waals surface area (Å²) in [6.07, 6.45) is -0.522. The van der Waals surface area contributed by atoms with E-state index in [4.69, 9.17) is 15.1 Å².